The number of ether oxygens (including phenoxy) is 3. The summed E-state index contributed by atoms with van der Waals surface area (Å²) >= 11 is 0. The van der Waals surface area contributed by atoms with Gasteiger partial charge in [0.2, 0.25) is 0 Å². The van der Waals surface area contributed by atoms with E-state index in [4.69, 9.17) is 14.2 Å². The molecule has 0 spiro atoms. The first-order valence-electron chi connectivity index (χ1n) is 6.67. The number of hydrogen-bond acceptors (Lipinski definition) is 5. The molecule has 1 heterocycles. The maximum Gasteiger partial charge on any atom is 0.145 e. The van der Waals surface area contributed by atoms with Crippen molar-refractivity contribution in [1.82, 2.24) is 4.98 Å². The third-order valence-corrected chi connectivity index (χ3v) is 2.90. The van der Waals surface area contributed by atoms with Crippen molar-refractivity contribution in [2.24, 2.45) is 0 Å². The molecule has 0 aliphatic carbocycles. The topological polar surface area (TPSA) is 66.7 Å². The van der Waals surface area contributed by atoms with E-state index in [1.54, 1.807) is 46.8 Å². The Kier molecular flexibility index (Phi) is 10.6. The van der Waals surface area contributed by atoms with Gasteiger partial charge in [0, 0.05) is 46.6 Å². The fourth-order valence-corrected chi connectivity index (χ4v) is 1.72. The van der Waals surface area contributed by atoms with Gasteiger partial charge in [0.15, 0.2) is 0 Å². The van der Waals surface area contributed by atoms with Crippen LogP contribution in [-0.2, 0) is 21.1 Å². The summed E-state index contributed by atoms with van der Waals surface area (Å²) in [5.41, 5.74) is 1.74. The van der Waals surface area contributed by atoms with Gasteiger partial charge < -0.3 is 24.8 Å². The summed E-state index contributed by atoms with van der Waals surface area (Å²) in [6.07, 6.45) is 3.34. The number of hydrogen-bond donors (Lipinski definition) is 1. The molecular formula is C16H22N3O3W-. The molecule has 126 valence electrons. The number of methoxy groups -OCH3 is 3. The second-order valence-corrected chi connectivity index (χ2v) is 4.09. The van der Waals surface area contributed by atoms with Crippen LogP contribution in [0.4, 0.5) is 11.4 Å². The van der Waals surface area contributed by atoms with Crippen LogP contribution in [0.15, 0.2) is 36.7 Å². The Bertz CT molecular complexity index is 559. The minimum absolute atomic E-state index is 0. The van der Waals surface area contributed by atoms with Gasteiger partial charge in [-0.05, 0) is 18.2 Å². The van der Waals surface area contributed by atoms with Gasteiger partial charge in [0.1, 0.15) is 17.2 Å². The van der Waals surface area contributed by atoms with Crippen LogP contribution < -0.4 is 19.5 Å². The summed E-state index contributed by atoms with van der Waals surface area (Å²) in [5, 5.41) is 6.97. The zero-order valence-corrected chi connectivity index (χ0v) is 16.9. The van der Waals surface area contributed by atoms with Crippen LogP contribution in [0, 0.1) is 0 Å². The predicted molar refractivity (Wildman–Crippen MR) is 88.8 cm³/mol. The fourth-order valence-electron chi connectivity index (χ4n) is 1.72. The number of pyridine rings is 1. The molecule has 2 rings (SSSR count). The van der Waals surface area contributed by atoms with E-state index >= 15 is 0 Å². The average Bonchev–Trinajstić information content (AvgIpc) is 2.61. The van der Waals surface area contributed by atoms with E-state index in [1.807, 2.05) is 25.2 Å². The van der Waals surface area contributed by atoms with Crippen molar-refractivity contribution in [1.29, 1.82) is 0 Å². The molecule has 0 aliphatic heterocycles. The number of aromatic nitrogens is 1. The molecular weight excluding hydrogens is 466 g/mol. The maximum absolute atomic E-state index is 5.14. The largest absolute Gasteiger partial charge is 0.683 e. The normalized spacial score (nSPS) is 8.74. The SMILES string of the molecule is CNc1ccc(OC)cc1OC.C[N-]c1cnccc1OC.[W]. The van der Waals surface area contributed by atoms with Crippen molar-refractivity contribution in [2.75, 3.05) is 40.7 Å². The van der Waals surface area contributed by atoms with E-state index in [2.05, 4.69) is 15.6 Å². The molecule has 0 radical (unpaired) electrons. The first-order valence-corrected chi connectivity index (χ1v) is 6.67. The number of nitrogens with zero attached hydrogens (tertiary/aromatic N) is 2. The monoisotopic (exact) mass is 488 g/mol. The summed E-state index contributed by atoms with van der Waals surface area (Å²) in [6, 6.07) is 7.42. The fraction of sp³-hybridized carbons (Fsp3) is 0.312. The average molecular weight is 488 g/mol. The van der Waals surface area contributed by atoms with E-state index in [9.17, 15) is 0 Å². The predicted octanol–water partition coefficient (Wildman–Crippen LogP) is 3.47. The van der Waals surface area contributed by atoms with Crippen molar-refractivity contribution in [3.05, 3.63) is 42.0 Å². The van der Waals surface area contributed by atoms with E-state index in [0.717, 1.165) is 28.6 Å². The van der Waals surface area contributed by atoms with Crippen molar-refractivity contribution < 1.29 is 35.3 Å². The number of anilines is 1. The Balaban J connectivity index is 0.000000409. The summed E-state index contributed by atoms with van der Waals surface area (Å²) < 4.78 is 15.2. The van der Waals surface area contributed by atoms with Crippen LogP contribution in [0.5, 0.6) is 17.2 Å². The molecule has 0 amide bonds. The van der Waals surface area contributed by atoms with Gasteiger partial charge in [-0.15, -0.1) is 7.05 Å². The molecule has 0 bridgehead atoms. The van der Waals surface area contributed by atoms with E-state index in [-0.39, 0.29) is 21.1 Å². The van der Waals surface area contributed by atoms with Crippen LogP contribution in [0.2, 0.25) is 0 Å². The molecule has 1 aromatic carbocycles. The van der Waals surface area contributed by atoms with Gasteiger partial charge in [-0.2, -0.15) is 0 Å². The molecule has 0 atom stereocenters. The number of nitrogens with one attached hydrogen (secondary N) is 1. The van der Waals surface area contributed by atoms with Gasteiger partial charge in [-0.3, -0.25) is 4.98 Å². The molecule has 2 aromatic rings. The number of rotatable bonds is 5. The minimum atomic E-state index is 0. The zero-order chi connectivity index (χ0) is 16.4. The third kappa shape index (κ3) is 6.36. The summed E-state index contributed by atoms with van der Waals surface area (Å²) in [5.74, 6) is 2.35. The Hall–Kier alpha value is -1.94. The number of benzene rings is 1. The van der Waals surface area contributed by atoms with Crippen LogP contribution >= 0.6 is 0 Å². The second-order valence-electron chi connectivity index (χ2n) is 4.09. The Morgan fingerprint density at radius 1 is 1.00 bits per heavy atom. The van der Waals surface area contributed by atoms with Gasteiger partial charge in [0.05, 0.1) is 27.0 Å². The molecule has 0 fully saturated rings. The van der Waals surface area contributed by atoms with Crippen LogP contribution in [0.25, 0.3) is 5.32 Å². The summed E-state index contributed by atoms with van der Waals surface area (Å²) in [6.45, 7) is 0. The van der Waals surface area contributed by atoms with E-state index in [0.29, 0.717) is 0 Å². The van der Waals surface area contributed by atoms with E-state index in [1.165, 1.54) is 0 Å². The molecule has 0 unspecified atom stereocenters. The van der Waals surface area contributed by atoms with Gasteiger partial charge in [-0.1, -0.05) is 5.69 Å². The van der Waals surface area contributed by atoms with Crippen molar-refractivity contribution >= 4 is 11.4 Å². The standard InChI is InChI=1S/C9H13NO2.C7H9N2O.W/c1-10-8-5-4-7(11-2)6-9(8)12-3;1-8-6-5-9-4-3-7(6)10-2;/h4-6,10H,1-3H3;3-5H,1-2H3;/q;-1;. The second kappa shape index (κ2) is 11.6. The molecule has 23 heavy (non-hydrogen) atoms. The van der Waals surface area contributed by atoms with Crippen molar-refractivity contribution in [3.63, 3.8) is 0 Å². The molecule has 6 nitrogen and oxygen atoms in total. The quantitative estimate of drug-likeness (QED) is 0.699. The maximum atomic E-state index is 5.14. The molecule has 0 saturated carbocycles. The van der Waals surface area contributed by atoms with Crippen LogP contribution in [0.3, 0.4) is 0 Å². The zero-order valence-electron chi connectivity index (χ0n) is 14.0. The summed E-state index contributed by atoms with van der Waals surface area (Å²) in [7, 11) is 8.44. The smallest absolute Gasteiger partial charge is 0.145 e. The molecule has 0 aliphatic rings. The Morgan fingerprint density at radius 3 is 2.17 bits per heavy atom. The van der Waals surface area contributed by atoms with Gasteiger partial charge >= 0.3 is 0 Å². The third-order valence-electron chi connectivity index (χ3n) is 2.90. The molecule has 0 saturated heterocycles. The molecule has 1 aromatic heterocycles. The van der Waals surface area contributed by atoms with Crippen molar-refractivity contribution in [2.45, 2.75) is 0 Å². The first kappa shape index (κ1) is 21.1. The van der Waals surface area contributed by atoms with Crippen LogP contribution in [0.1, 0.15) is 0 Å². The first-order chi connectivity index (χ1) is 10.7. The molecule has 1 N–H and O–H groups in total. The Labute approximate surface area is 151 Å². The van der Waals surface area contributed by atoms with Crippen LogP contribution in [-0.4, -0.2) is 40.4 Å². The minimum Gasteiger partial charge on any atom is -0.683 e. The van der Waals surface area contributed by atoms with Gasteiger partial charge in [0.25, 0.3) is 0 Å². The van der Waals surface area contributed by atoms with E-state index < -0.39 is 0 Å². The summed E-state index contributed by atoms with van der Waals surface area (Å²) in [4.78, 5) is 3.89. The van der Waals surface area contributed by atoms with Crippen molar-refractivity contribution in [3.8, 4) is 17.2 Å². The van der Waals surface area contributed by atoms with Gasteiger partial charge in [-0.25, -0.2) is 0 Å². The molecule has 7 heteroatoms. The Morgan fingerprint density at radius 2 is 1.70 bits per heavy atom.